The number of hydrogen-bond donors (Lipinski definition) is 3. The fourth-order valence-corrected chi connectivity index (χ4v) is 1.93. The second-order valence-corrected chi connectivity index (χ2v) is 4.65. The Hall–Kier alpha value is -1.56. The second kappa shape index (κ2) is 7.00. The van der Waals surface area contributed by atoms with Crippen molar-refractivity contribution in [3.63, 3.8) is 0 Å². The Morgan fingerprint density at radius 3 is 2.61 bits per heavy atom. The summed E-state index contributed by atoms with van der Waals surface area (Å²) in [6.45, 7) is 2.74. The maximum atomic E-state index is 11.8. The lowest BCUT2D eigenvalue weighted by molar-refractivity contribution is -0.120. The maximum absolute atomic E-state index is 11.8. The predicted molar refractivity (Wildman–Crippen MR) is 74.2 cm³/mol. The maximum Gasteiger partial charge on any atom is 0.251 e. The van der Waals surface area contributed by atoms with Crippen LogP contribution >= 0.6 is 15.9 Å². The zero-order chi connectivity index (χ0) is 13.5. The molecule has 1 rings (SSSR count). The minimum atomic E-state index is -0.243. The Morgan fingerprint density at radius 2 is 2.00 bits per heavy atom. The van der Waals surface area contributed by atoms with Gasteiger partial charge in [0.05, 0.1) is 0 Å². The molecule has 1 aromatic carbocycles. The van der Waals surface area contributed by atoms with E-state index in [0.717, 1.165) is 4.47 Å². The SMILES string of the molecule is CCNC(=O)CCNC(=O)c1cc(N)cc(Br)c1. The van der Waals surface area contributed by atoms with Crippen molar-refractivity contribution in [3.05, 3.63) is 28.2 Å². The van der Waals surface area contributed by atoms with Gasteiger partial charge < -0.3 is 16.4 Å². The number of carbonyl (C=O) groups excluding carboxylic acids is 2. The van der Waals surface area contributed by atoms with Crippen molar-refractivity contribution < 1.29 is 9.59 Å². The van der Waals surface area contributed by atoms with Crippen molar-refractivity contribution in [1.82, 2.24) is 10.6 Å². The number of halogens is 1. The number of anilines is 1. The third-order valence-electron chi connectivity index (χ3n) is 2.19. The van der Waals surface area contributed by atoms with Crippen LogP contribution in [0.4, 0.5) is 5.69 Å². The molecular formula is C12H16BrN3O2. The summed E-state index contributed by atoms with van der Waals surface area (Å²) < 4.78 is 0.747. The fourth-order valence-electron chi connectivity index (χ4n) is 1.42. The van der Waals surface area contributed by atoms with Gasteiger partial charge in [-0.3, -0.25) is 9.59 Å². The van der Waals surface area contributed by atoms with Crippen molar-refractivity contribution in [2.45, 2.75) is 13.3 Å². The molecule has 0 aromatic heterocycles. The van der Waals surface area contributed by atoms with E-state index in [2.05, 4.69) is 26.6 Å². The molecular weight excluding hydrogens is 298 g/mol. The summed E-state index contributed by atoms with van der Waals surface area (Å²) in [5.74, 6) is -0.321. The number of amides is 2. The summed E-state index contributed by atoms with van der Waals surface area (Å²) in [4.78, 5) is 22.9. The van der Waals surface area contributed by atoms with Crippen LogP contribution in [0.25, 0.3) is 0 Å². The summed E-state index contributed by atoms with van der Waals surface area (Å²) >= 11 is 3.27. The molecule has 0 unspecified atom stereocenters. The molecule has 0 saturated heterocycles. The number of nitrogens with one attached hydrogen (secondary N) is 2. The first-order chi connectivity index (χ1) is 8.52. The Morgan fingerprint density at radius 1 is 1.28 bits per heavy atom. The average Bonchev–Trinajstić information content (AvgIpc) is 2.27. The van der Waals surface area contributed by atoms with E-state index in [0.29, 0.717) is 24.3 Å². The molecule has 0 aliphatic rings. The average molecular weight is 314 g/mol. The van der Waals surface area contributed by atoms with Crippen LogP contribution in [0, 0.1) is 0 Å². The summed E-state index contributed by atoms with van der Waals surface area (Å²) in [6, 6.07) is 4.98. The van der Waals surface area contributed by atoms with Gasteiger partial charge in [-0.05, 0) is 25.1 Å². The highest BCUT2D eigenvalue weighted by Gasteiger charge is 2.07. The van der Waals surface area contributed by atoms with E-state index in [1.807, 2.05) is 6.92 Å². The highest BCUT2D eigenvalue weighted by atomic mass is 79.9. The van der Waals surface area contributed by atoms with Crippen molar-refractivity contribution in [2.75, 3.05) is 18.8 Å². The van der Waals surface area contributed by atoms with Crippen molar-refractivity contribution in [3.8, 4) is 0 Å². The van der Waals surface area contributed by atoms with Crippen molar-refractivity contribution >= 4 is 33.4 Å². The number of nitrogens with two attached hydrogens (primary N) is 1. The first-order valence-electron chi connectivity index (χ1n) is 5.64. The summed E-state index contributed by atoms with van der Waals surface area (Å²) in [7, 11) is 0. The number of benzene rings is 1. The van der Waals surface area contributed by atoms with Gasteiger partial charge in [0.2, 0.25) is 5.91 Å². The van der Waals surface area contributed by atoms with Crippen molar-refractivity contribution in [2.24, 2.45) is 0 Å². The van der Waals surface area contributed by atoms with Gasteiger partial charge in [0.1, 0.15) is 0 Å². The lowest BCUT2D eigenvalue weighted by atomic mass is 10.2. The number of hydrogen-bond acceptors (Lipinski definition) is 3. The normalized spacial score (nSPS) is 9.89. The summed E-state index contributed by atoms with van der Waals surface area (Å²) in [6.07, 6.45) is 0.267. The minimum Gasteiger partial charge on any atom is -0.399 e. The van der Waals surface area contributed by atoms with E-state index in [1.165, 1.54) is 0 Å². The molecule has 6 heteroatoms. The number of nitrogen functional groups attached to an aromatic ring is 1. The Labute approximate surface area is 114 Å². The third kappa shape index (κ3) is 4.75. The van der Waals surface area contributed by atoms with Crippen LogP contribution in [0.2, 0.25) is 0 Å². The van der Waals surface area contributed by atoms with Crippen LogP contribution in [0.15, 0.2) is 22.7 Å². The summed E-state index contributed by atoms with van der Waals surface area (Å²) in [5.41, 5.74) is 6.62. The molecule has 1 aromatic rings. The Kier molecular flexibility index (Phi) is 5.64. The smallest absolute Gasteiger partial charge is 0.251 e. The second-order valence-electron chi connectivity index (χ2n) is 3.73. The fraction of sp³-hybridized carbons (Fsp3) is 0.333. The first kappa shape index (κ1) is 14.5. The molecule has 0 heterocycles. The molecule has 0 atom stereocenters. The zero-order valence-corrected chi connectivity index (χ0v) is 11.7. The lowest BCUT2D eigenvalue weighted by Gasteiger charge is -2.06. The molecule has 0 saturated carbocycles. The first-order valence-corrected chi connectivity index (χ1v) is 6.43. The Bertz CT molecular complexity index is 429. The Balaban J connectivity index is 2.48. The lowest BCUT2D eigenvalue weighted by Crippen LogP contribution is -2.30. The molecule has 2 amide bonds. The van der Waals surface area contributed by atoms with Gasteiger partial charge in [0, 0.05) is 35.2 Å². The highest BCUT2D eigenvalue weighted by Crippen LogP contribution is 2.17. The quantitative estimate of drug-likeness (QED) is 0.716. The molecule has 5 nitrogen and oxygen atoms in total. The van der Waals surface area contributed by atoms with Gasteiger partial charge in [-0.15, -0.1) is 0 Å². The number of rotatable bonds is 5. The van der Waals surface area contributed by atoms with Crippen LogP contribution < -0.4 is 16.4 Å². The van der Waals surface area contributed by atoms with E-state index in [1.54, 1.807) is 18.2 Å². The standard InChI is InChI=1S/C12H16BrN3O2/c1-2-15-11(17)3-4-16-12(18)8-5-9(13)7-10(14)6-8/h5-7H,2-4,14H2,1H3,(H,15,17)(H,16,18). The molecule has 4 N–H and O–H groups in total. The molecule has 0 spiro atoms. The van der Waals surface area contributed by atoms with Gasteiger partial charge >= 0.3 is 0 Å². The molecule has 0 radical (unpaired) electrons. The molecule has 18 heavy (non-hydrogen) atoms. The van der Waals surface area contributed by atoms with E-state index < -0.39 is 0 Å². The van der Waals surface area contributed by atoms with Gasteiger partial charge in [-0.2, -0.15) is 0 Å². The molecule has 0 bridgehead atoms. The van der Waals surface area contributed by atoms with Crippen LogP contribution in [-0.2, 0) is 4.79 Å². The van der Waals surface area contributed by atoms with Crippen molar-refractivity contribution in [1.29, 1.82) is 0 Å². The van der Waals surface area contributed by atoms with Crippen LogP contribution in [0.1, 0.15) is 23.7 Å². The van der Waals surface area contributed by atoms with Gasteiger partial charge in [0.25, 0.3) is 5.91 Å². The van der Waals surface area contributed by atoms with Gasteiger partial charge in [0.15, 0.2) is 0 Å². The van der Waals surface area contributed by atoms with E-state index in [4.69, 9.17) is 5.73 Å². The van der Waals surface area contributed by atoms with E-state index >= 15 is 0 Å². The molecule has 0 fully saturated rings. The largest absolute Gasteiger partial charge is 0.399 e. The van der Waals surface area contributed by atoms with E-state index in [9.17, 15) is 9.59 Å². The van der Waals surface area contributed by atoms with Gasteiger partial charge in [-0.25, -0.2) is 0 Å². The minimum absolute atomic E-state index is 0.0773. The zero-order valence-electron chi connectivity index (χ0n) is 10.1. The molecule has 98 valence electrons. The van der Waals surface area contributed by atoms with Crippen LogP contribution in [-0.4, -0.2) is 24.9 Å². The van der Waals surface area contributed by atoms with E-state index in [-0.39, 0.29) is 18.2 Å². The van der Waals surface area contributed by atoms with Crippen LogP contribution in [0.3, 0.4) is 0 Å². The molecule has 0 aliphatic carbocycles. The topological polar surface area (TPSA) is 84.2 Å². The summed E-state index contributed by atoms with van der Waals surface area (Å²) in [5, 5.41) is 5.33. The van der Waals surface area contributed by atoms with Crippen LogP contribution in [0.5, 0.6) is 0 Å². The third-order valence-corrected chi connectivity index (χ3v) is 2.65. The van der Waals surface area contributed by atoms with Gasteiger partial charge in [-0.1, -0.05) is 15.9 Å². The highest BCUT2D eigenvalue weighted by molar-refractivity contribution is 9.10. The monoisotopic (exact) mass is 313 g/mol. The predicted octanol–water partition coefficient (Wildman–Crippen LogP) is 1.29. The molecule has 0 aliphatic heterocycles. The number of carbonyl (C=O) groups is 2.